The summed E-state index contributed by atoms with van der Waals surface area (Å²) in [5, 5.41) is 16.8. The predicted octanol–water partition coefficient (Wildman–Crippen LogP) is 1.88. The monoisotopic (exact) mass is 285 g/mol. The number of benzene rings is 1. The minimum Gasteiger partial charge on any atom is -0.388 e. The molecule has 2 rings (SSSR count). The Morgan fingerprint density at radius 2 is 2.19 bits per heavy atom. The van der Waals surface area contributed by atoms with Gasteiger partial charge in [-0.05, 0) is 34.1 Å². The third kappa shape index (κ3) is 1.85. The van der Waals surface area contributed by atoms with E-state index >= 15 is 0 Å². The van der Waals surface area contributed by atoms with Crippen LogP contribution in [-0.4, -0.2) is 19.9 Å². The van der Waals surface area contributed by atoms with Gasteiger partial charge in [-0.1, -0.05) is 0 Å². The summed E-state index contributed by atoms with van der Waals surface area (Å²) in [6, 6.07) is 4.33. The first-order chi connectivity index (χ1) is 7.63. The fraction of sp³-hybridized carbons (Fsp3) is 0.200. The standard InChI is InChI=1S/C10H9BrFN3O/c1-15-9(5-16)13-14-10(15)7-3-2-6(12)4-8(7)11/h2-4,16H,5H2,1H3. The number of halogens is 2. The first-order valence-corrected chi connectivity index (χ1v) is 5.37. The lowest BCUT2D eigenvalue weighted by atomic mass is 10.2. The Labute approximate surface area is 99.9 Å². The van der Waals surface area contributed by atoms with Crippen LogP contribution in [0, 0.1) is 5.82 Å². The zero-order valence-electron chi connectivity index (χ0n) is 8.48. The zero-order valence-corrected chi connectivity index (χ0v) is 10.1. The fourth-order valence-corrected chi connectivity index (χ4v) is 1.93. The molecule has 0 spiro atoms. The van der Waals surface area contributed by atoms with E-state index in [9.17, 15) is 4.39 Å². The summed E-state index contributed by atoms with van der Waals surface area (Å²) in [6.07, 6.45) is 0. The van der Waals surface area contributed by atoms with Gasteiger partial charge in [0, 0.05) is 17.1 Å². The lowest BCUT2D eigenvalue weighted by Gasteiger charge is -2.04. The van der Waals surface area contributed by atoms with E-state index in [0.717, 1.165) is 5.56 Å². The Morgan fingerprint density at radius 1 is 1.44 bits per heavy atom. The van der Waals surface area contributed by atoms with E-state index in [1.54, 1.807) is 17.7 Å². The summed E-state index contributed by atoms with van der Waals surface area (Å²) in [5.41, 5.74) is 0.733. The SMILES string of the molecule is Cn1c(CO)nnc1-c1ccc(F)cc1Br. The van der Waals surface area contributed by atoms with E-state index in [1.165, 1.54) is 12.1 Å². The number of hydrogen-bond donors (Lipinski definition) is 1. The highest BCUT2D eigenvalue weighted by Crippen LogP contribution is 2.27. The molecule has 1 heterocycles. The highest BCUT2D eigenvalue weighted by atomic mass is 79.9. The maximum absolute atomic E-state index is 12.9. The third-order valence-corrected chi connectivity index (χ3v) is 2.93. The quantitative estimate of drug-likeness (QED) is 0.917. The van der Waals surface area contributed by atoms with E-state index < -0.39 is 0 Å². The van der Waals surface area contributed by atoms with Gasteiger partial charge in [-0.15, -0.1) is 10.2 Å². The average Bonchev–Trinajstić information content (AvgIpc) is 2.60. The molecule has 0 saturated heterocycles. The van der Waals surface area contributed by atoms with Crippen LogP contribution < -0.4 is 0 Å². The van der Waals surface area contributed by atoms with Crippen LogP contribution in [0.25, 0.3) is 11.4 Å². The molecular weight excluding hydrogens is 277 g/mol. The summed E-state index contributed by atoms with van der Waals surface area (Å²) in [6.45, 7) is -0.178. The zero-order chi connectivity index (χ0) is 11.7. The van der Waals surface area contributed by atoms with Crippen LogP contribution in [0.4, 0.5) is 4.39 Å². The molecule has 0 aliphatic heterocycles. The van der Waals surface area contributed by atoms with Gasteiger partial charge in [-0.25, -0.2) is 4.39 Å². The number of nitrogens with zero attached hydrogens (tertiary/aromatic N) is 3. The van der Waals surface area contributed by atoms with Crippen molar-refractivity contribution in [3.05, 3.63) is 34.3 Å². The molecule has 2 aromatic rings. The van der Waals surface area contributed by atoms with Crippen LogP contribution in [0.1, 0.15) is 5.82 Å². The topological polar surface area (TPSA) is 50.9 Å². The minimum absolute atomic E-state index is 0.178. The summed E-state index contributed by atoms with van der Waals surface area (Å²) in [7, 11) is 1.75. The number of hydrogen-bond acceptors (Lipinski definition) is 3. The molecule has 1 aromatic heterocycles. The number of aromatic nitrogens is 3. The Morgan fingerprint density at radius 3 is 2.75 bits per heavy atom. The van der Waals surface area contributed by atoms with Crippen molar-refractivity contribution in [3.8, 4) is 11.4 Å². The van der Waals surface area contributed by atoms with Crippen molar-refractivity contribution in [1.82, 2.24) is 14.8 Å². The van der Waals surface area contributed by atoms with Gasteiger partial charge in [0.15, 0.2) is 11.6 Å². The fourth-order valence-electron chi connectivity index (χ4n) is 1.40. The number of aliphatic hydroxyl groups is 1. The average molecular weight is 286 g/mol. The molecule has 16 heavy (non-hydrogen) atoms. The first kappa shape index (κ1) is 11.2. The summed E-state index contributed by atoms with van der Waals surface area (Å²) in [4.78, 5) is 0. The second-order valence-corrected chi connectivity index (χ2v) is 4.14. The number of rotatable bonds is 2. The summed E-state index contributed by atoms with van der Waals surface area (Å²) in [5.74, 6) is 0.724. The van der Waals surface area contributed by atoms with Crippen LogP contribution in [-0.2, 0) is 13.7 Å². The van der Waals surface area contributed by atoms with Gasteiger partial charge in [0.1, 0.15) is 12.4 Å². The van der Waals surface area contributed by atoms with Crippen molar-refractivity contribution in [3.63, 3.8) is 0 Å². The van der Waals surface area contributed by atoms with Gasteiger partial charge in [0.25, 0.3) is 0 Å². The Kier molecular flexibility index (Phi) is 3.02. The molecule has 0 radical (unpaired) electrons. The van der Waals surface area contributed by atoms with Gasteiger partial charge in [-0.3, -0.25) is 0 Å². The molecule has 0 unspecified atom stereocenters. The maximum atomic E-state index is 12.9. The highest BCUT2D eigenvalue weighted by molar-refractivity contribution is 9.10. The molecule has 1 N–H and O–H groups in total. The van der Waals surface area contributed by atoms with E-state index in [4.69, 9.17) is 5.11 Å². The van der Waals surface area contributed by atoms with Crippen molar-refractivity contribution in [1.29, 1.82) is 0 Å². The van der Waals surface area contributed by atoms with E-state index in [-0.39, 0.29) is 12.4 Å². The van der Waals surface area contributed by atoms with Gasteiger partial charge in [0.2, 0.25) is 0 Å². The van der Waals surface area contributed by atoms with Crippen LogP contribution in [0.5, 0.6) is 0 Å². The molecule has 1 aromatic carbocycles. The van der Waals surface area contributed by atoms with Gasteiger partial charge < -0.3 is 9.67 Å². The lowest BCUT2D eigenvalue weighted by molar-refractivity contribution is 0.267. The van der Waals surface area contributed by atoms with Crippen molar-refractivity contribution < 1.29 is 9.50 Å². The summed E-state index contributed by atoms with van der Waals surface area (Å²) < 4.78 is 15.2. The molecular formula is C10H9BrFN3O. The Balaban J connectivity index is 2.54. The van der Waals surface area contributed by atoms with Crippen LogP contribution in [0.3, 0.4) is 0 Å². The Bertz CT molecular complexity index is 527. The first-order valence-electron chi connectivity index (χ1n) is 4.58. The van der Waals surface area contributed by atoms with Crippen LogP contribution in [0.2, 0.25) is 0 Å². The van der Waals surface area contributed by atoms with Gasteiger partial charge >= 0.3 is 0 Å². The maximum Gasteiger partial charge on any atom is 0.164 e. The molecule has 84 valence electrons. The van der Waals surface area contributed by atoms with Crippen LogP contribution >= 0.6 is 15.9 Å². The van der Waals surface area contributed by atoms with E-state index in [1.807, 2.05) is 0 Å². The molecule has 0 bridgehead atoms. The third-order valence-electron chi connectivity index (χ3n) is 2.28. The lowest BCUT2D eigenvalue weighted by Crippen LogP contribution is -1.99. The molecule has 0 aliphatic rings. The number of aliphatic hydroxyl groups excluding tert-OH is 1. The molecule has 0 aliphatic carbocycles. The van der Waals surface area contributed by atoms with E-state index in [2.05, 4.69) is 26.1 Å². The van der Waals surface area contributed by atoms with Gasteiger partial charge in [0.05, 0.1) is 0 Å². The van der Waals surface area contributed by atoms with E-state index in [0.29, 0.717) is 16.1 Å². The summed E-state index contributed by atoms with van der Waals surface area (Å²) >= 11 is 3.27. The van der Waals surface area contributed by atoms with Crippen molar-refractivity contribution in [2.24, 2.45) is 7.05 Å². The highest BCUT2D eigenvalue weighted by Gasteiger charge is 2.12. The second kappa shape index (κ2) is 4.31. The normalized spacial score (nSPS) is 10.8. The Hall–Kier alpha value is -1.27. The molecule has 4 nitrogen and oxygen atoms in total. The molecule has 0 amide bonds. The molecule has 0 atom stereocenters. The van der Waals surface area contributed by atoms with Crippen LogP contribution in [0.15, 0.2) is 22.7 Å². The molecule has 0 saturated carbocycles. The largest absolute Gasteiger partial charge is 0.388 e. The molecule has 0 fully saturated rings. The smallest absolute Gasteiger partial charge is 0.164 e. The minimum atomic E-state index is -0.319. The van der Waals surface area contributed by atoms with Crippen molar-refractivity contribution in [2.75, 3.05) is 0 Å². The van der Waals surface area contributed by atoms with Crippen molar-refractivity contribution >= 4 is 15.9 Å². The van der Waals surface area contributed by atoms with Crippen molar-refractivity contribution in [2.45, 2.75) is 6.61 Å². The molecule has 6 heteroatoms. The van der Waals surface area contributed by atoms with Gasteiger partial charge in [-0.2, -0.15) is 0 Å². The second-order valence-electron chi connectivity index (χ2n) is 3.28. The predicted molar refractivity (Wildman–Crippen MR) is 60.0 cm³/mol.